The Hall–Kier alpha value is -2.73. The van der Waals surface area contributed by atoms with Crippen molar-refractivity contribution in [3.05, 3.63) is 33.9 Å². The van der Waals surface area contributed by atoms with Gasteiger partial charge in [0.15, 0.2) is 0 Å². The van der Waals surface area contributed by atoms with Crippen LogP contribution in [-0.4, -0.2) is 0 Å². The molecular formula is C12H3F6N3. The van der Waals surface area contributed by atoms with E-state index < -0.39 is 46.6 Å². The largest absolute Gasteiger partial charge is 0.418 e. The maximum Gasteiger partial charge on any atom is 0.418 e. The van der Waals surface area contributed by atoms with Gasteiger partial charge in [-0.25, -0.2) is 0 Å². The number of hydrogen-bond acceptors (Lipinski definition) is 3. The van der Waals surface area contributed by atoms with Gasteiger partial charge in [-0.1, -0.05) is 0 Å². The molecule has 0 heterocycles. The third-order valence-electron chi connectivity index (χ3n) is 2.51. The Morgan fingerprint density at radius 1 is 0.905 bits per heavy atom. The normalized spacial score (nSPS) is 11.4. The van der Waals surface area contributed by atoms with Crippen molar-refractivity contribution >= 4 is 0 Å². The summed E-state index contributed by atoms with van der Waals surface area (Å²) in [6.45, 7) is 0. The molecule has 21 heavy (non-hydrogen) atoms. The Morgan fingerprint density at radius 3 is 1.81 bits per heavy atom. The van der Waals surface area contributed by atoms with Gasteiger partial charge in [0, 0.05) is 0 Å². The zero-order chi connectivity index (χ0) is 16.4. The highest BCUT2D eigenvalue weighted by molar-refractivity contribution is 5.58. The van der Waals surface area contributed by atoms with Crippen LogP contribution >= 0.6 is 0 Å². The molecular weight excluding hydrogens is 300 g/mol. The first-order valence-corrected chi connectivity index (χ1v) is 5.09. The van der Waals surface area contributed by atoms with Crippen LogP contribution in [0.5, 0.6) is 0 Å². The molecule has 0 amide bonds. The predicted molar refractivity (Wildman–Crippen MR) is 55.2 cm³/mol. The number of benzene rings is 1. The molecule has 9 heteroatoms. The van der Waals surface area contributed by atoms with Crippen LogP contribution in [0.25, 0.3) is 0 Å². The van der Waals surface area contributed by atoms with Gasteiger partial charge in [0.1, 0.15) is 6.07 Å². The van der Waals surface area contributed by atoms with Gasteiger partial charge in [-0.3, -0.25) is 0 Å². The van der Waals surface area contributed by atoms with Crippen molar-refractivity contribution in [3.8, 4) is 18.2 Å². The molecule has 1 rings (SSSR count). The fourth-order valence-electron chi connectivity index (χ4n) is 1.76. The second-order valence-corrected chi connectivity index (χ2v) is 3.75. The first-order chi connectivity index (χ1) is 9.57. The summed E-state index contributed by atoms with van der Waals surface area (Å²) in [5.74, 6) is 0. The van der Waals surface area contributed by atoms with Crippen molar-refractivity contribution < 1.29 is 26.3 Å². The fourth-order valence-corrected chi connectivity index (χ4v) is 1.76. The number of nitriles is 3. The lowest BCUT2D eigenvalue weighted by atomic mass is 9.90. The number of nitrogens with zero attached hydrogens (tertiary/aromatic N) is 3. The SMILES string of the molecule is N#CCc1c(C#N)c(C(F)(F)F)cc(C#N)c1C(F)(F)F. The van der Waals surface area contributed by atoms with E-state index in [9.17, 15) is 26.3 Å². The first-order valence-electron chi connectivity index (χ1n) is 5.09. The highest BCUT2D eigenvalue weighted by atomic mass is 19.4. The maximum atomic E-state index is 12.9. The molecule has 0 aliphatic rings. The molecule has 0 radical (unpaired) electrons. The van der Waals surface area contributed by atoms with Gasteiger partial charge in [-0.2, -0.15) is 42.1 Å². The summed E-state index contributed by atoms with van der Waals surface area (Å²) >= 11 is 0. The summed E-state index contributed by atoms with van der Waals surface area (Å²) in [7, 11) is 0. The summed E-state index contributed by atoms with van der Waals surface area (Å²) in [6.07, 6.45) is -11.4. The van der Waals surface area contributed by atoms with Crippen molar-refractivity contribution in [2.45, 2.75) is 18.8 Å². The van der Waals surface area contributed by atoms with Gasteiger partial charge in [0.2, 0.25) is 0 Å². The maximum absolute atomic E-state index is 12.9. The van der Waals surface area contributed by atoms with Crippen LogP contribution in [-0.2, 0) is 18.8 Å². The van der Waals surface area contributed by atoms with Crippen molar-refractivity contribution in [2.24, 2.45) is 0 Å². The minimum absolute atomic E-state index is 0.0255. The Bertz CT molecular complexity index is 695. The average molecular weight is 303 g/mol. The highest BCUT2D eigenvalue weighted by Gasteiger charge is 2.42. The molecule has 0 atom stereocenters. The van der Waals surface area contributed by atoms with Gasteiger partial charge in [-0.05, 0) is 11.6 Å². The molecule has 0 fully saturated rings. The zero-order valence-electron chi connectivity index (χ0n) is 9.89. The van der Waals surface area contributed by atoms with E-state index in [4.69, 9.17) is 15.8 Å². The molecule has 3 nitrogen and oxygen atoms in total. The van der Waals surface area contributed by atoms with Crippen molar-refractivity contribution in [1.82, 2.24) is 0 Å². The van der Waals surface area contributed by atoms with Crippen LogP contribution in [0.2, 0.25) is 0 Å². The molecule has 0 saturated heterocycles. The predicted octanol–water partition coefficient (Wildman–Crippen LogP) is 3.53. The molecule has 0 aromatic heterocycles. The number of halogens is 6. The Morgan fingerprint density at radius 2 is 1.48 bits per heavy atom. The molecule has 0 unspecified atom stereocenters. The van der Waals surface area contributed by atoms with E-state index in [2.05, 4.69) is 0 Å². The molecule has 1 aromatic rings. The summed E-state index contributed by atoms with van der Waals surface area (Å²) < 4.78 is 77.1. The second-order valence-electron chi connectivity index (χ2n) is 3.75. The highest BCUT2D eigenvalue weighted by Crippen LogP contribution is 2.41. The minimum atomic E-state index is -5.16. The second kappa shape index (κ2) is 5.34. The standard InChI is InChI=1S/C12H3F6N3/c13-11(14,15)9-3-6(4-20)10(12(16,17)18)7(1-2-19)8(9)5-21/h3H,1H2. The summed E-state index contributed by atoms with van der Waals surface area (Å²) in [4.78, 5) is 0. The third-order valence-corrected chi connectivity index (χ3v) is 2.51. The lowest BCUT2D eigenvalue weighted by Gasteiger charge is -2.18. The molecule has 0 saturated carbocycles. The third kappa shape index (κ3) is 3.06. The average Bonchev–Trinajstić information content (AvgIpc) is 2.35. The van der Waals surface area contributed by atoms with Gasteiger partial charge < -0.3 is 0 Å². The summed E-state index contributed by atoms with van der Waals surface area (Å²) in [5.41, 5.74) is -7.07. The molecule has 0 N–H and O–H groups in total. The van der Waals surface area contributed by atoms with E-state index >= 15 is 0 Å². The summed E-state index contributed by atoms with van der Waals surface area (Å²) in [5, 5.41) is 25.9. The molecule has 0 bridgehead atoms. The van der Waals surface area contributed by atoms with Crippen molar-refractivity contribution in [3.63, 3.8) is 0 Å². The Labute approximate surface area is 114 Å². The van der Waals surface area contributed by atoms with E-state index in [1.54, 1.807) is 0 Å². The lowest BCUT2D eigenvalue weighted by molar-refractivity contribution is -0.142. The van der Waals surface area contributed by atoms with Gasteiger partial charge >= 0.3 is 12.4 Å². The molecule has 1 aromatic carbocycles. The van der Waals surface area contributed by atoms with Gasteiger partial charge in [0.05, 0.1) is 40.8 Å². The van der Waals surface area contributed by atoms with E-state index in [1.807, 2.05) is 0 Å². The Kier molecular flexibility index (Phi) is 4.15. The Balaban J connectivity index is 3.99. The molecule has 108 valence electrons. The summed E-state index contributed by atoms with van der Waals surface area (Å²) in [6, 6.07) is 3.31. The van der Waals surface area contributed by atoms with Crippen LogP contribution in [0.4, 0.5) is 26.3 Å². The molecule has 0 spiro atoms. The van der Waals surface area contributed by atoms with Crippen molar-refractivity contribution in [2.75, 3.05) is 0 Å². The van der Waals surface area contributed by atoms with Crippen LogP contribution in [0.1, 0.15) is 27.8 Å². The van der Waals surface area contributed by atoms with Crippen LogP contribution < -0.4 is 0 Å². The molecule has 0 aliphatic heterocycles. The minimum Gasteiger partial charge on any atom is -0.198 e. The number of rotatable bonds is 1. The van der Waals surface area contributed by atoms with Crippen LogP contribution in [0.3, 0.4) is 0 Å². The monoisotopic (exact) mass is 303 g/mol. The first kappa shape index (κ1) is 16.3. The molecule has 0 aliphatic carbocycles. The van der Waals surface area contributed by atoms with E-state index in [1.165, 1.54) is 6.07 Å². The quantitative estimate of drug-likeness (QED) is 0.745. The van der Waals surface area contributed by atoms with Crippen LogP contribution in [0, 0.1) is 34.0 Å². The fraction of sp³-hybridized carbons (Fsp3) is 0.250. The van der Waals surface area contributed by atoms with Crippen LogP contribution in [0.15, 0.2) is 6.07 Å². The van der Waals surface area contributed by atoms with Gasteiger partial charge in [0.25, 0.3) is 0 Å². The number of alkyl halides is 6. The van der Waals surface area contributed by atoms with Crippen molar-refractivity contribution in [1.29, 1.82) is 15.8 Å². The smallest absolute Gasteiger partial charge is 0.198 e. The van der Waals surface area contributed by atoms with E-state index in [-0.39, 0.29) is 6.07 Å². The van der Waals surface area contributed by atoms with E-state index in [0.29, 0.717) is 0 Å². The number of hydrogen-bond donors (Lipinski definition) is 0. The topological polar surface area (TPSA) is 71.4 Å². The van der Waals surface area contributed by atoms with Gasteiger partial charge in [-0.15, -0.1) is 0 Å². The lowest BCUT2D eigenvalue weighted by Crippen LogP contribution is -2.18. The zero-order valence-corrected chi connectivity index (χ0v) is 9.89. The van der Waals surface area contributed by atoms with E-state index in [0.717, 1.165) is 12.1 Å².